The monoisotopic (exact) mass is 289 g/mol. The maximum Gasteiger partial charge on any atom is 0.118 e. The molecule has 3 rings (SSSR count). The van der Waals surface area contributed by atoms with E-state index in [0.29, 0.717) is 12.6 Å². The molecule has 0 spiro atoms. The highest BCUT2D eigenvalue weighted by molar-refractivity contribution is 5.28. The van der Waals surface area contributed by atoms with Crippen LogP contribution in [-0.2, 0) is 0 Å². The lowest BCUT2D eigenvalue weighted by Gasteiger charge is -2.30. The van der Waals surface area contributed by atoms with Crippen LogP contribution in [-0.4, -0.2) is 24.8 Å². The fourth-order valence-corrected chi connectivity index (χ4v) is 3.63. The van der Waals surface area contributed by atoms with Crippen LogP contribution in [0, 0.1) is 11.8 Å². The van der Waals surface area contributed by atoms with Gasteiger partial charge in [0, 0.05) is 12.6 Å². The van der Waals surface area contributed by atoms with Gasteiger partial charge in [0.2, 0.25) is 0 Å². The smallest absolute Gasteiger partial charge is 0.118 e. The summed E-state index contributed by atoms with van der Waals surface area (Å²) in [4.78, 5) is 0. The van der Waals surface area contributed by atoms with Crippen LogP contribution in [0.3, 0.4) is 0 Å². The van der Waals surface area contributed by atoms with Crippen LogP contribution in [0.2, 0.25) is 0 Å². The fourth-order valence-electron chi connectivity index (χ4n) is 3.63. The van der Waals surface area contributed by atoms with Gasteiger partial charge in [0.1, 0.15) is 5.75 Å². The molecule has 1 aromatic carbocycles. The summed E-state index contributed by atoms with van der Waals surface area (Å²) in [6, 6.07) is 8.29. The summed E-state index contributed by atoms with van der Waals surface area (Å²) in [7, 11) is 1.66. The van der Waals surface area contributed by atoms with Crippen LogP contribution in [0.15, 0.2) is 24.3 Å². The second-order valence-corrected chi connectivity index (χ2v) is 6.66. The molecule has 3 nitrogen and oxygen atoms in total. The van der Waals surface area contributed by atoms with Gasteiger partial charge in [-0.1, -0.05) is 25.0 Å². The number of aliphatic hydroxyl groups is 1. The van der Waals surface area contributed by atoms with Crippen LogP contribution < -0.4 is 10.1 Å². The minimum Gasteiger partial charge on any atom is -0.497 e. The standard InChI is InChI=1S/C18H27NO2/c1-21-17-9-7-14(8-10-17)18(20)12-19-16-4-2-3-15(11-16)13-5-6-13/h7-10,13,15-16,18-20H,2-6,11-12H2,1H3. The summed E-state index contributed by atoms with van der Waals surface area (Å²) in [5.74, 6) is 2.79. The Morgan fingerprint density at radius 1 is 1.14 bits per heavy atom. The minimum absolute atomic E-state index is 0.433. The average Bonchev–Trinajstić information content (AvgIpc) is 3.38. The van der Waals surface area contributed by atoms with Crippen molar-refractivity contribution in [2.24, 2.45) is 11.8 Å². The van der Waals surface area contributed by atoms with Crippen LogP contribution in [0.4, 0.5) is 0 Å². The molecule has 2 N–H and O–H groups in total. The molecule has 0 aromatic heterocycles. The van der Waals surface area contributed by atoms with Gasteiger partial charge in [0.05, 0.1) is 13.2 Å². The Balaban J connectivity index is 1.46. The first-order valence-corrected chi connectivity index (χ1v) is 8.31. The molecule has 0 bridgehead atoms. The molecule has 2 fully saturated rings. The Morgan fingerprint density at radius 2 is 1.90 bits per heavy atom. The van der Waals surface area contributed by atoms with Gasteiger partial charge in [0.15, 0.2) is 0 Å². The van der Waals surface area contributed by atoms with Crippen molar-refractivity contribution in [3.8, 4) is 5.75 Å². The molecule has 0 amide bonds. The number of hydrogen-bond acceptors (Lipinski definition) is 3. The quantitative estimate of drug-likeness (QED) is 0.844. The average molecular weight is 289 g/mol. The molecule has 2 aliphatic rings. The van der Waals surface area contributed by atoms with E-state index in [1.165, 1.54) is 38.5 Å². The van der Waals surface area contributed by atoms with Crippen LogP contribution in [0.25, 0.3) is 0 Å². The van der Waals surface area contributed by atoms with Crippen molar-refractivity contribution in [2.75, 3.05) is 13.7 Å². The number of aliphatic hydroxyl groups excluding tert-OH is 1. The first kappa shape index (κ1) is 14.9. The largest absolute Gasteiger partial charge is 0.497 e. The van der Waals surface area contributed by atoms with Gasteiger partial charge in [0.25, 0.3) is 0 Å². The molecule has 2 saturated carbocycles. The number of ether oxygens (including phenoxy) is 1. The van der Waals surface area contributed by atoms with Crippen LogP contribution in [0.5, 0.6) is 5.75 Å². The molecule has 0 radical (unpaired) electrons. The maximum absolute atomic E-state index is 10.3. The third-order valence-corrected chi connectivity index (χ3v) is 5.10. The zero-order valence-electron chi connectivity index (χ0n) is 12.9. The Bertz CT molecular complexity index is 441. The lowest BCUT2D eigenvalue weighted by Crippen LogP contribution is -2.37. The van der Waals surface area contributed by atoms with E-state index in [1.807, 2.05) is 24.3 Å². The Kier molecular flexibility index (Phi) is 4.81. The summed E-state index contributed by atoms with van der Waals surface area (Å²) < 4.78 is 5.15. The van der Waals surface area contributed by atoms with Crippen molar-refractivity contribution in [2.45, 2.75) is 50.7 Å². The summed E-state index contributed by atoms with van der Waals surface area (Å²) >= 11 is 0. The molecule has 3 atom stereocenters. The van der Waals surface area contributed by atoms with E-state index in [-0.39, 0.29) is 0 Å². The fraction of sp³-hybridized carbons (Fsp3) is 0.667. The second-order valence-electron chi connectivity index (χ2n) is 6.66. The molecular weight excluding hydrogens is 262 g/mol. The van der Waals surface area contributed by atoms with Gasteiger partial charge in [-0.05, 0) is 55.2 Å². The third-order valence-electron chi connectivity index (χ3n) is 5.10. The van der Waals surface area contributed by atoms with Crippen molar-refractivity contribution in [3.05, 3.63) is 29.8 Å². The first-order valence-electron chi connectivity index (χ1n) is 8.31. The minimum atomic E-state index is -0.433. The summed E-state index contributed by atoms with van der Waals surface area (Å²) in [5, 5.41) is 13.9. The molecule has 2 aliphatic carbocycles. The summed E-state index contributed by atoms with van der Waals surface area (Å²) in [6.07, 6.45) is 7.80. The molecule has 0 heterocycles. The van der Waals surface area contributed by atoms with Gasteiger partial charge in [-0.15, -0.1) is 0 Å². The second kappa shape index (κ2) is 6.80. The lowest BCUT2D eigenvalue weighted by molar-refractivity contribution is 0.159. The third kappa shape index (κ3) is 3.98. The van der Waals surface area contributed by atoms with Gasteiger partial charge in [-0.2, -0.15) is 0 Å². The first-order chi connectivity index (χ1) is 10.3. The Morgan fingerprint density at radius 3 is 2.57 bits per heavy atom. The number of methoxy groups -OCH3 is 1. The van der Waals surface area contributed by atoms with Gasteiger partial charge in [-0.25, -0.2) is 0 Å². The van der Waals surface area contributed by atoms with Crippen molar-refractivity contribution in [1.82, 2.24) is 5.32 Å². The molecule has 3 heteroatoms. The Labute approximate surface area is 127 Å². The topological polar surface area (TPSA) is 41.5 Å². The van der Waals surface area contributed by atoms with Crippen molar-refractivity contribution >= 4 is 0 Å². The van der Waals surface area contributed by atoms with E-state index in [4.69, 9.17) is 4.74 Å². The van der Waals surface area contributed by atoms with E-state index in [9.17, 15) is 5.11 Å². The normalized spacial score (nSPS) is 27.3. The highest BCUT2D eigenvalue weighted by Crippen LogP contribution is 2.43. The van der Waals surface area contributed by atoms with Crippen molar-refractivity contribution < 1.29 is 9.84 Å². The predicted molar refractivity (Wildman–Crippen MR) is 84.4 cm³/mol. The van der Waals surface area contributed by atoms with E-state index in [2.05, 4.69) is 5.32 Å². The van der Waals surface area contributed by atoms with Crippen molar-refractivity contribution in [3.63, 3.8) is 0 Å². The molecule has 21 heavy (non-hydrogen) atoms. The number of nitrogens with one attached hydrogen (secondary N) is 1. The van der Waals surface area contributed by atoms with Gasteiger partial charge >= 0.3 is 0 Å². The van der Waals surface area contributed by atoms with Gasteiger partial charge in [-0.3, -0.25) is 0 Å². The van der Waals surface area contributed by atoms with E-state index < -0.39 is 6.10 Å². The van der Waals surface area contributed by atoms with E-state index in [1.54, 1.807) is 7.11 Å². The summed E-state index contributed by atoms with van der Waals surface area (Å²) in [6.45, 7) is 0.647. The van der Waals surface area contributed by atoms with Crippen LogP contribution >= 0.6 is 0 Å². The number of benzene rings is 1. The maximum atomic E-state index is 10.3. The van der Waals surface area contributed by atoms with Crippen LogP contribution in [0.1, 0.15) is 50.2 Å². The molecule has 116 valence electrons. The van der Waals surface area contributed by atoms with Gasteiger partial charge < -0.3 is 15.2 Å². The van der Waals surface area contributed by atoms with Crippen molar-refractivity contribution in [1.29, 1.82) is 0 Å². The highest BCUT2D eigenvalue weighted by atomic mass is 16.5. The van der Waals surface area contributed by atoms with E-state index >= 15 is 0 Å². The molecule has 1 aromatic rings. The zero-order chi connectivity index (χ0) is 14.7. The SMILES string of the molecule is COc1ccc(C(O)CNC2CCCC(C3CC3)C2)cc1. The molecule has 0 saturated heterocycles. The number of hydrogen-bond donors (Lipinski definition) is 2. The predicted octanol–water partition coefficient (Wildman–Crippen LogP) is 3.29. The highest BCUT2D eigenvalue weighted by Gasteiger charge is 2.34. The Hall–Kier alpha value is -1.06. The molecular formula is C18H27NO2. The van der Waals surface area contributed by atoms with E-state index in [0.717, 1.165) is 23.1 Å². The lowest BCUT2D eigenvalue weighted by atomic mass is 9.82. The number of rotatable bonds is 6. The molecule has 0 aliphatic heterocycles. The summed E-state index contributed by atoms with van der Waals surface area (Å²) in [5.41, 5.74) is 0.956. The molecule has 3 unspecified atom stereocenters. The zero-order valence-corrected chi connectivity index (χ0v) is 12.9.